The Balaban J connectivity index is 0.000000105. The SMILES string of the molecule is c1ccc(-c2ccc3c(ccc4c3c3ccccc3n4-c3ccccc3)c2)cc1.c1ccc(-c2ccc3ccc4c(c3c2)c2ccccc2n4-c2ccccc2)cc1.c1ccc(-n2c3ccccc3c3c4cc(-c5ccc6ccccc6c5)ccc4ccc32)cc1. The van der Waals surface area contributed by atoms with Crippen LogP contribution in [0.4, 0.5) is 0 Å². The number of benzene rings is 16. The number of hydrogen-bond acceptors (Lipinski definition) is 0. The highest BCUT2D eigenvalue weighted by atomic mass is 15.0. The number of hydrogen-bond donors (Lipinski definition) is 0. The van der Waals surface area contributed by atoms with Gasteiger partial charge < -0.3 is 13.7 Å². The fourth-order valence-corrected chi connectivity index (χ4v) is 14.1. The van der Waals surface area contributed by atoms with Crippen LogP contribution in [0.3, 0.4) is 0 Å². The van der Waals surface area contributed by atoms with E-state index in [0.29, 0.717) is 0 Å². The molecule has 3 heteroatoms. The molecule has 0 atom stereocenters. The van der Waals surface area contributed by atoms with Crippen LogP contribution in [0.1, 0.15) is 0 Å². The lowest BCUT2D eigenvalue weighted by atomic mass is 9.96. The maximum absolute atomic E-state index is 2.38. The van der Waals surface area contributed by atoms with Crippen LogP contribution in [0.2, 0.25) is 0 Å². The smallest absolute Gasteiger partial charge is 0.0547 e. The molecule has 0 amide bonds. The summed E-state index contributed by atoms with van der Waals surface area (Å²) >= 11 is 0. The Morgan fingerprint density at radius 1 is 0.143 bits per heavy atom. The van der Waals surface area contributed by atoms with Crippen molar-refractivity contribution < 1.29 is 0 Å². The average Bonchev–Trinajstić information content (AvgIpc) is 1.65. The molecule has 0 unspecified atom stereocenters. The summed E-state index contributed by atoms with van der Waals surface area (Å²) in [4.78, 5) is 0. The maximum Gasteiger partial charge on any atom is 0.0547 e. The second-order valence-corrected chi connectivity index (χ2v) is 23.5. The van der Waals surface area contributed by atoms with Crippen LogP contribution in [0.25, 0.3) is 159 Å². The Kier molecular flexibility index (Phi) is 13.2. The zero-order valence-electron chi connectivity index (χ0n) is 49.9. The van der Waals surface area contributed by atoms with Crippen molar-refractivity contribution in [3.05, 3.63) is 358 Å². The van der Waals surface area contributed by atoms with Crippen LogP contribution in [0.15, 0.2) is 358 Å². The minimum absolute atomic E-state index is 1.19. The van der Waals surface area contributed by atoms with Gasteiger partial charge in [0, 0.05) is 49.4 Å². The number of nitrogens with zero attached hydrogens (tertiary/aromatic N) is 3. The van der Waals surface area contributed by atoms with Crippen LogP contribution < -0.4 is 0 Å². The molecule has 91 heavy (non-hydrogen) atoms. The molecule has 0 saturated carbocycles. The molecule has 3 aromatic heterocycles. The molecular formula is C88H59N3. The van der Waals surface area contributed by atoms with Gasteiger partial charge in [-0.15, -0.1) is 0 Å². The van der Waals surface area contributed by atoms with Gasteiger partial charge >= 0.3 is 0 Å². The van der Waals surface area contributed by atoms with Crippen LogP contribution in [-0.4, -0.2) is 13.7 Å². The van der Waals surface area contributed by atoms with Gasteiger partial charge in [0.15, 0.2) is 0 Å². The molecule has 0 aliphatic rings. The molecule has 0 fully saturated rings. The largest absolute Gasteiger partial charge is 0.309 e. The van der Waals surface area contributed by atoms with Crippen LogP contribution in [0.5, 0.6) is 0 Å². The van der Waals surface area contributed by atoms with Crippen molar-refractivity contribution in [2.45, 2.75) is 0 Å². The fourth-order valence-electron chi connectivity index (χ4n) is 14.1. The third-order valence-electron chi connectivity index (χ3n) is 18.3. The average molecular weight is 1160 g/mol. The molecule has 16 aromatic carbocycles. The first-order chi connectivity index (χ1) is 45.2. The van der Waals surface area contributed by atoms with Crippen molar-refractivity contribution in [1.29, 1.82) is 0 Å². The second kappa shape index (κ2) is 22.6. The summed E-state index contributed by atoms with van der Waals surface area (Å²) in [6.45, 7) is 0. The van der Waals surface area contributed by atoms with Crippen molar-refractivity contribution in [1.82, 2.24) is 13.7 Å². The van der Waals surface area contributed by atoms with E-state index in [1.807, 2.05) is 0 Å². The molecular weight excluding hydrogens is 1100 g/mol. The molecule has 0 radical (unpaired) electrons. The third-order valence-corrected chi connectivity index (χ3v) is 18.3. The van der Waals surface area contributed by atoms with Gasteiger partial charge in [-0.25, -0.2) is 0 Å². The molecule has 3 nitrogen and oxygen atoms in total. The molecule has 0 aliphatic carbocycles. The fraction of sp³-hybridized carbons (Fsp3) is 0. The van der Waals surface area contributed by atoms with E-state index >= 15 is 0 Å². The van der Waals surface area contributed by atoms with Gasteiger partial charge in [-0.05, 0) is 174 Å². The van der Waals surface area contributed by atoms with E-state index in [0.717, 1.165) is 0 Å². The van der Waals surface area contributed by atoms with Gasteiger partial charge in [0.25, 0.3) is 0 Å². The number of fused-ring (bicyclic) bond motifs is 16. The molecule has 0 saturated heterocycles. The summed E-state index contributed by atoms with van der Waals surface area (Å²) in [5, 5.41) is 18.1. The monoisotopic (exact) mass is 1160 g/mol. The summed E-state index contributed by atoms with van der Waals surface area (Å²) in [6.07, 6.45) is 0. The van der Waals surface area contributed by atoms with Crippen molar-refractivity contribution >= 4 is 109 Å². The van der Waals surface area contributed by atoms with Crippen LogP contribution in [0, 0.1) is 0 Å². The third kappa shape index (κ3) is 9.38. The quantitative estimate of drug-likeness (QED) is 0.158. The topological polar surface area (TPSA) is 14.8 Å². The normalized spacial score (nSPS) is 11.5. The minimum Gasteiger partial charge on any atom is -0.309 e. The second-order valence-electron chi connectivity index (χ2n) is 23.5. The standard InChI is InChI=1S/C32H21N.2C28H19N/c1-2-10-27(11-3-1)33-30-13-7-6-12-28(30)32-29-21-26(17-15-23(29)18-19-31(32)33)25-16-14-22-8-4-5-9-24(22)20-25;1-3-9-20(10-4-1)21-15-17-24-22(19-21)16-18-27-28(24)25-13-7-8-14-26(25)29(27)23-11-5-2-6-12-23;1-3-9-20(10-4-1)22-16-15-21-17-18-27-28(25(21)19-22)24-13-7-8-14-26(24)29(27)23-11-5-2-6-12-23/h1-21H;2*1-19H. The van der Waals surface area contributed by atoms with Gasteiger partial charge in [-0.1, -0.05) is 261 Å². The highest BCUT2D eigenvalue weighted by Gasteiger charge is 2.19. The first kappa shape index (κ1) is 53.2. The lowest BCUT2D eigenvalue weighted by Gasteiger charge is -2.09. The Morgan fingerprint density at radius 3 is 0.890 bits per heavy atom. The summed E-state index contributed by atoms with van der Waals surface area (Å²) < 4.78 is 7.13. The highest BCUT2D eigenvalue weighted by Crippen LogP contribution is 2.42. The van der Waals surface area contributed by atoms with E-state index in [9.17, 15) is 0 Å². The van der Waals surface area contributed by atoms with Gasteiger partial charge in [0.1, 0.15) is 0 Å². The van der Waals surface area contributed by atoms with Gasteiger partial charge in [-0.2, -0.15) is 0 Å². The van der Waals surface area contributed by atoms with Crippen LogP contribution >= 0.6 is 0 Å². The number of para-hydroxylation sites is 6. The van der Waals surface area contributed by atoms with Crippen molar-refractivity contribution in [3.63, 3.8) is 0 Å². The van der Waals surface area contributed by atoms with Crippen LogP contribution in [-0.2, 0) is 0 Å². The lowest BCUT2D eigenvalue weighted by Crippen LogP contribution is -1.92. The highest BCUT2D eigenvalue weighted by molar-refractivity contribution is 6.24. The summed E-state index contributed by atoms with van der Waals surface area (Å²) in [6, 6.07) is 129. The summed E-state index contributed by atoms with van der Waals surface area (Å²) in [5.74, 6) is 0. The first-order valence-corrected chi connectivity index (χ1v) is 31.3. The molecule has 0 bridgehead atoms. The van der Waals surface area contributed by atoms with E-state index in [-0.39, 0.29) is 0 Å². The van der Waals surface area contributed by atoms with Gasteiger partial charge in [0.05, 0.1) is 33.1 Å². The molecule has 0 aliphatic heterocycles. The van der Waals surface area contributed by atoms with E-state index in [2.05, 4.69) is 372 Å². The number of rotatable bonds is 6. The lowest BCUT2D eigenvalue weighted by molar-refractivity contribution is 1.18. The van der Waals surface area contributed by atoms with Crippen molar-refractivity contribution in [2.75, 3.05) is 0 Å². The van der Waals surface area contributed by atoms with E-state index in [1.165, 1.54) is 159 Å². The van der Waals surface area contributed by atoms with E-state index in [4.69, 9.17) is 0 Å². The minimum atomic E-state index is 1.19. The molecule has 19 rings (SSSR count). The molecule has 3 heterocycles. The summed E-state index contributed by atoms with van der Waals surface area (Å²) in [7, 11) is 0. The predicted octanol–water partition coefficient (Wildman–Crippen LogP) is 24.0. The van der Waals surface area contributed by atoms with Crippen molar-refractivity contribution in [2.24, 2.45) is 0 Å². The van der Waals surface area contributed by atoms with E-state index < -0.39 is 0 Å². The summed E-state index contributed by atoms with van der Waals surface area (Å²) in [5.41, 5.74) is 18.5. The Hall–Kier alpha value is -12.0. The van der Waals surface area contributed by atoms with E-state index in [1.54, 1.807) is 0 Å². The first-order valence-electron chi connectivity index (χ1n) is 31.3. The zero-order valence-corrected chi connectivity index (χ0v) is 49.9. The maximum atomic E-state index is 2.38. The predicted molar refractivity (Wildman–Crippen MR) is 389 cm³/mol. The Morgan fingerprint density at radius 2 is 0.440 bits per heavy atom. The molecule has 19 aromatic rings. The molecule has 0 spiro atoms. The van der Waals surface area contributed by atoms with Crippen molar-refractivity contribution in [3.8, 4) is 50.4 Å². The van der Waals surface area contributed by atoms with Gasteiger partial charge in [0.2, 0.25) is 0 Å². The zero-order chi connectivity index (χ0) is 60.2. The molecule has 0 N–H and O–H groups in total. The number of aromatic nitrogens is 3. The Labute approximate surface area is 527 Å². The molecule has 426 valence electrons. The Bertz CT molecular complexity index is 5920. The van der Waals surface area contributed by atoms with Gasteiger partial charge in [-0.3, -0.25) is 0 Å².